The lowest BCUT2D eigenvalue weighted by Gasteiger charge is -2.71. The van der Waals surface area contributed by atoms with Gasteiger partial charge in [0.1, 0.15) is 11.6 Å². The Morgan fingerprint density at radius 3 is 2.26 bits per heavy atom. The van der Waals surface area contributed by atoms with Crippen molar-refractivity contribution in [1.82, 2.24) is 4.90 Å². The normalized spacial score (nSPS) is 44.7. The molecule has 0 aromatic heterocycles. The molecule has 1 heterocycles. The van der Waals surface area contributed by atoms with E-state index in [1.807, 2.05) is 26.0 Å². The van der Waals surface area contributed by atoms with Gasteiger partial charge in [-0.3, -0.25) is 14.4 Å². The van der Waals surface area contributed by atoms with Crippen LogP contribution in [0.15, 0.2) is 23.3 Å². The molecule has 0 unspecified atom stereocenters. The van der Waals surface area contributed by atoms with E-state index in [0.717, 1.165) is 76.2 Å². The van der Waals surface area contributed by atoms with E-state index in [9.17, 15) is 14.9 Å². The van der Waals surface area contributed by atoms with Gasteiger partial charge in [-0.05, 0) is 79.8 Å². The Kier molecular flexibility index (Phi) is 6.34. The van der Waals surface area contributed by atoms with Crippen molar-refractivity contribution < 1.29 is 14.4 Å². The average Bonchev–Trinajstić information content (AvgIpc) is 3.07. The van der Waals surface area contributed by atoms with Crippen molar-refractivity contribution >= 4 is 17.5 Å². The number of unbranched alkanes of at least 4 members (excludes halogenated alkanes) is 3. The van der Waals surface area contributed by atoms with Gasteiger partial charge in [0.25, 0.3) is 0 Å². The second kappa shape index (κ2) is 8.92. The first-order valence-electron chi connectivity index (χ1n) is 16.8. The number of nitrogens with zero attached hydrogens (tertiary/aromatic N) is 2. The van der Waals surface area contributed by atoms with Crippen LogP contribution in [0.2, 0.25) is 0 Å². The highest BCUT2D eigenvalue weighted by molar-refractivity contribution is 6.08. The molecule has 6 aliphatic rings. The fourth-order valence-corrected chi connectivity index (χ4v) is 12.0. The van der Waals surface area contributed by atoms with E-state index in [4.69, 9.17) is 0 Å². The number of likely N-dealkylation sites (tertiary alicyclic amines) is 1. The molecule has 4 fully saturated rings. The second-order valence-corrected chi connectivity index (χ2v) is 17.0. The molecular formula is C37H52N2O3. The lowest BCUT2D eigenvalue weighted by Crippen LogP contribution is -2.74. The summed E-state index contributed by atoms with van der Waals surface area (Å²) in [5, 5.41) is 10.0. The zero-order valence-electron chi connectivity index (χ0n) is 27.4. The van der Waals surface area contributed by atoms with E-state index < -0.39 is 27.2 Å². The summed E-state index contributed by atoms with van der Waals surface area (Å²) in [7, 11) is 0. The number of nitriles is 1. The van der Waals surface area contributed by atoms with Crippen LogP contribution in [0.1, 0.15) is 126 Å². The zero-order valence-corrected chi connectivity index (χ0v) is 27.4. The van der Waals surface area contributed by atoms with Crippen LogP contribution < -0.4 is 0 Å². The van der Waals surface area contributed by atoms with Gasteiger partial charge in [0.15, 0.2) is 11.6 Å². The zero-order chi connectivity index (χ0) is 30.7. The molecule has 0 aromatic carbocycles. The Morgan fingerprint density at radius 2 is 1.60 bits per heavy atom. The summed E-state index contributed by atoms with van der Waals surface area (Å²) in [6.45, 7) is 18.4. The Bertz CT molecular complexity index is 1360. The van der Waals surface area contributed by atoms with Crippen LogP contribution in [0.4, 0.5) is 0 Å². The van der Waals surface area contributed by atoms with Crippen molar-refractivity contribution in [2.45, 2.75) is 132 Å². The summed E-state index contributed by atoms with van der Waals surface area (Å²) in [6.07, 6.45) is 14.5. The molecule has 6 rings (SSSR count). The number of Topliss-reactive ketones (excluding diaryl/α,β-unsaturated/α-hetero) is 1. The molecule has 1 aliphatic heterocycles. The van der Waals surface area contributed by atoms with Gasteiger partial charge in [0, 0.05) is 28.7 Å². The molecule has 0 radical (unpaired) electrons. The smallest absolute Gasteiger partial charge is 0.230 e. The number of fused-ring (bicyclic) bond motifs is 4. The molecule has 7 atom stereocenters. The summed E-state index contributed by atoms with van der Waals surface area (Å²) < 4.78 is 0. The molecule has 2 bridgehead atoms. The number of amides is 1. The Labute approximate surface area is 253 Å². The van der Waals surface area contributed by atoms with Crippen molar-refractivity contribution in [3.63, 3.8) is 0 Å². The minimum atomic E-state index is -0.838. The maximum Gasteiger partial charge on any atom is 0.230 e. The summed E-state index contributed by atoms with van der Waals surface area (Å²) in [5.74, 6) is 0.342. The molecule has 1 amide bonds. The van der Waals surface area contributed by atoms with E-state index in [0.29, 0.717) is 6.54 Å². The second-order valence-electron chi connectivity index (χ2n) is 17.0. The van der Waals surface area contributed by atoms with Crippen LogP contribution in [0, 0.1) is 55.7 Å². The molecule has 0 N–H and O–H groups in total. The van der Waals surface area contributed by atoms with E-state index in [-0.39, 0.29) is 45.7 Å². The molecule has 1 saturated heterocycles. The predicted octanol–water partition coefficient (Wildman–Crippen LogP) is 7.75. The van der Waals surface area contributed by atoms with Gasteiger partial charge in [-0.1, -0.05) is 80.7 Å². The molecule has 42 heavy (non-hydrogen) atoms. The molecule has 3 saturated carbocycles. The minimum Gasteiger partial charge on any atom is -0.328 e. The Balaban J connectivity index is 1.59. The molecule has 5 nitrogen and oxygen atoms in total. The first-order valence-corrected chi connectivity index (χ1v) is 16.8. The third-order valence-electron chi connectivity index (χ3n) is 14.4. The molecule has 228 valence electrons. The molecule has 5 heteroatoms. The number of carbonyl (C=O) groups excluding carboxylic acids is 3. The molecule has 0 aromatic rings. The summed E-state index contributed by atoms with van der Waals surface area (Å²) in [6, 6.07) is 2.22. The van der Waals surface area contributed by atoms with Crippen molar-refractivity contribution in [3.8, 4) is 6.07 Å². The fourth-order valence-electron chi connectivity index (χ4n) is 12.0. The summed E-state index contributed by atoms with van der Waals surface area (Å²) in [4.78, 5) is 45.6. The molecule has 5 aliphatic carbocycles. The third-order valence-corrected chi connectivity index (χ3v) is 14.4. The first-order chi connectivity index (χ1) is 19.5. The lowest BCUT2D eigenvalue weighted by atomic mass is 9.33. The highest BCUT2D eigenvalue weighted by Gasteiger charge is 2.82. The standard InChI is InChI=1S/C37H52N2O3/c1-9-10-11-12-19-39-30(42)36-17-15-31(2,3)22-27(36)37(39)28(40)20-26-33(6)21-24(23-38)29(41)32(4,5)25(33)13-14-34(26,7)35(37,8)16-18-36/h20-21,25,27H,9-19,22H2,1-8H3/t25-,27+,33-,34+,35-,36-,37+/m0/s1. The monoisotopic (exact) mass is 572 g/mol. The van der Waals surface area contributed by atoms with Crippen LogP contribution in [0.25, 0.3) is 0 Å². The van der Waals surface area contributed by atoms with Crippen LogP contribution in [-0.2, 0) is 14.4 Å². The number of ketones is 2. The Hall–Kier alpha value is -2.22. The van der Waals surface area contributed by atoms with E-state index in [1.54, 1.807) is 0 Å². The predicted molar refractivity (Wildman–Crippen MR) is 164 cm³/mol. The van der Waals surface area contributed by atoms with Gasteiger partial charge < -0.3 is 4.90 Å². The average molecular weight is 573 g/mol. The minimum absolute atomic E-state index is 0.0195. The van der Waals surface area contributed by atoms with Crippen LogP contribution in [0.5, 0.6) is 0 Å². The third kappa shape index (κ3) is 3.23. The topological polar surface area (TPSA) is 78.2 Å². The van der Waals surface area contributed by atoms with Crippen molar-refractivity contribution in [2.75, 3.05) is 6.54 Å². The highest BCUT2D eigenvalue weighted by Crippen LogP contribution is 2.79. The SMILES string of the molecule is CCCCCCN1C(=O)[C@]23CCC(C)(C)C[C@H]2[C@]12C(=O)C=C1[C@@]4(C)C=C(C#N)C(=O)C(C)(C)[C@@H]4CC[C@@]1(C)[C@]2(C)CC3. The maximum absolute atomic E-state index is 15.3. The van der Waals surface area contributed by atoms with E-state index in [1.165, 1.54) is 0 Å². The largest absolute Gasteiger partial charge is 0.328 e. The Morgan fingerprint density at radius 1 is 0.905 bits per heavy atom. The molecular weight excluding hydrogens is 520 g/mol. The quantitative estimate of drug-likeness (QED) is 0.316. The number of carbonyl (C=O) groups is 3. The van der Waals surface area contributed by atoms with Gasteiger partial charge in [0.05, 0.1) is 11.0 Å². The van der Waals surface area contributed by atoms with Crippen LogP contribution in [-0.4, -0.2) is 34.5 Å². The number of hydrogen-bond acceptors (Lipinski definition) is 4. The number of hydrogen-bond donors (Lipinski definition) is 0. The van der Waals surface area contributed by atoms with E-state index in [2.05, 4.69) is 52.5 Å². The van der Waals surface area contributed by atoms with Crippen molar-refractivity contribution in [3.05, 3.63) is 23.3 Å². The van der Waals surface area contributed by atoms with Gasteiger partial charge >= 0.3 is 0 Å². The number of rotatable bonds is 5. The van der Waals surface area contributed by atoms with Gasteiger partial charge in [0.2, 0.25) is 5.91 Å². The van der Waals surface area contributed by atoms with Gasteiger partial charge in [-0.25, -0.2) is 0 Å². The van der Waals surface area contributed by atoms with Gasteiger partial charge in [-0.15, -0.1) is 0 Å². The number of allylic oxidation sites excluding steroid dienone is 3. The maximum atomic E-state index is 15.3. The summed E-state index contributed by atoms with van der Waals surface area (Å²) >= 11 is 0. The lowest BCUT2D eigenvalue weighted by molar-refractivity contribution is -0.180. The van der Waals surface area contributed by atoms with Crippen molar-refractivity contribution in [2.24, 2.45) is 44.3 Å². The first kappa shape index (κ1) is 29.8. The fraction of sp³-hybridized carbons (Fsp3) is 0.784. The van der Waals surface area contributed by atoms with Crippen LogP contribution in [0.3, 0.4) is 0 Å². The van der Waals surface area contributed by atoms with Crippen LogP contribution >= 0.6 is 0 Å². The highest BCUT2D eigenvalue weighted by atomic mass is 16.2. The van der Waals surface area contributed by atoms with E-state index >= 15 is 4.79 Å². The summed E-state index contributed by atoms with van der Waals surface area (Å²) in [5.41, 5.74) is -1.85. The molecule has 1 spiro atoms. The van der Waals surface area contributed by atoms with Gasteiger partial charge in [-0.2, -0.15) is 5.26 Å². The van der Waals surface area contributed by atoms with Crippen molar-refractivity contribution in [1.29, 1.82) is 5.26 Å².